The minimum absolute atomic E-state index is 0.241. The fraction of sp³-hybridized carbons (Fsp3) is 0.500. The van der Waals surface area contributed by atoms with Crippen molar-refractivity contribution in [3.63, 3.8) is 0 Å². The molecule has 18 heavy (non-hydrogen) atoms. The number of hydrogen-bond donors (Lipinski definition) is 2. The molecule has 98 valence electrons. The fourth-order valence-electron chi connectivity index (χ4n) is 1.87. The molecule has 0 aromatic heterocycles. The second-order valence-electron chi connectivity index (χ2n) is 5.05. The Morgan fingerprint density at radius 2 is 2.11 bits per heavy atom. The minimum atomic E-state index is -0.814. The van der Waals surface area contributed by atoms with Crippen molar-refractivity contribution >= 4 is 6.09 Å². The van der Waals surface area contributed by atoms with Gasteiger partial charge >= 0.3 is 6.09 Å². The topological polar surface area (TPSA) is 58.6 Å². The van der Waals surface area contributed by atoms with Crippen molar-refractivity contribution in [3.8, 4) is 0 Å². The van der Waals surface area contributed by atoms with Gasteiger partial charge in [0.1, 0.15) is 6.61 Å². The Bertz CT molecular complexity index is 399. The summed E-state index contributed by atoms with van der Waals surface area (Å²) in [5.74, 6) is 0.312. The molecule has 2 rings (SSSR count). The summed E-state index contributed by atoms with van der Waals surface area (Å²) in [6.07, 6.45) is 1.58. The molecular formula is C14H19NO3. The summed E-state index contributed by atoms with van der Waals surface area (Å²) in [6, 6.07) is 9.50. The lowest BCUT2D eigenvalue weighted by Crippen LogP contribution is -2.42. The van der Waals surface area contributed by atoms with Crippen molar-refractivity contribution in [2.45, 2.75) is 32.0 Å². The van der Waals surface area contributed by atoms with Gasteiger partial charge in [-0.3, -0.25) is 0 Å². The molecule has 1 fully saturated rings. The zero-order chi connectivity index (χ0) is 13.0. The zero-order valence-electron chi connectivity index (χ0n) is 10.6. The van der Waals surface area contributed by atoms with E-state index in [1.165, 1.54) is 0 Å². The van der Waals surface area contributed by atoms with Crippen LogP contribution in [0.15, 0.2) is 30.3 Å². The Morgan fingerprint density at radius 3 is 2.72 bits per heavy atom. The van der Waals surface area contributed by atoms with Crippen LogP contribution in [-0.4, -0.2) is 23.3 Å². The maximum Gasteiger partial charge on any atom is 0.407 e. The van der Waals surface area contributed by atoms with Gasteiger partial charge in [-0.25, -0.2) is 4.79 Å². The van der Waals surface area contributed by atoms with Crippen LogP contribution >= 0.6 is 0 Å². The van der Waals surface area contributed by atoms with Crippen molar-refractivity contribution < 1.29 is 14.6 Å². The van der Waals surface area contributed by atoms with Gasteiger partial charge in [-0.05, 0) is 31.2 Å². The number of carbonyl (C=O) groups excluding carboxylic acids is 1. The maximum atomic E-state index is 11.5. The van der Waals surface area contributed by atoms with Crippen LogP contribution in [0.25, 0.3) is 0 Å². The van der Waals surface area contributed by atoms with Gasteiger partial charge in [-0.1, -0.05) is 30.3 Å². The van der Waals surface area contributed by atoms with Crippen molar-refractivity contribution in [2.24, 2.45) is 5.92 Å². The van der Waals surface area contributed by atoms with Gasteiger partial charge < -0.3 is 15.2 Å². The molecule has 1 aliphatic carbocycles. The first-order chi connectivity index (χ1) is 8.58. The van der Waals surface area contributed by atoms with Gasteiger partial charge in [0.15, 0.2) is 0 Å². The number of amides is 1. The molecule has 0 bridgehead atoms. The van der Waals surface area contributed by atoms with Crippen molar-refractivity contribution in [1.82, 2.24) is 5.32 Å². The molecule has 1 aliphatic rings. The maximum absolute atomic E-state index is 11.5. The highest BCUT2D eigenvalue weighted by Gasteiger charge is 2.40. The largest absolute Gasteiger partial charge is 0.445 e. The van der Waals surface area contributed by atoms with Crippen molar-refractivity contribution in [3.05, 3.63) is 35.9 Å². The van der Waals surface area contributed by atoms with Crippen molar-refractivity contribution in [1.29, 1.82) is 0 Å². The Labute approximate surface area is 107 Å². The summed E-state index contributed by atoms with van der Waals surface area (Å²) in [5.41, 5.74) is 0.132. The van der Waals surface area contributed by atoms with Crippen LogP contribution in [-0.2, 0) is 11.3 Å². The Balaban J connectivity index is 1.69. The Morgan fingerprint density at radius 1 is 1.44 bits per heavy atom. The summed E-state index contributed by atoms with van der Waals surface area (Å²) >= 11 is 0. The van der Waals surface area contributed by atoms with Crippen LogP contribution in [0.5, 0.6) is 0 Å². The molecule has 1 unspecified atom stereocenters. The molecule has 0 aliphatic heterocycles. The number of hydrogen-bond acceptors (Lipinski definition) is 3. The molecule has 1 saturated carbocycles. The predicted octanol–water partition coefficient (Wildman–Crippen LogP) is 2.07. The first-order valence-corrected chi connectivity index (χ1v) is 6.25. The molecule has 4 heteroatoms. The van der Waals surface area contributed by atoms with Gasteiger partial charge in [-0.15, -0.1) is 0 Å². The van der Waals surface area contributed by atoms with Crippen LogP contribution in [0.2, 0.25) is 0 Å². The van der Waals surface area contributed by atoms with E-state index in [4.69, 9.17) is 4.74 Å². The first kappa shape index (κ1) is 12.9. The number of ether oxygens (including phenoxy) is 1. The highest BCUT2D eigenvalue weighted by molar-refractivity contribution is 5.67. The quantitative estimate of drug-likeness (QED) is 0.840. The summed E-state index contributed by atoms with van der Waals surface area (Å²) in [4.78, 5) is 11.5. The van der Waals surface area contributed by atoms with Gasteiger partial charge in [0.25, 0.3) is 0 Å². The smallest absolute Gasteiger partial charge is 0.407 e. The number of nitrogens with one attached hydrogen (secondary N) is 1. The third-order valence-corrected chi connectivity index (χ3v) is 3.26. The third kappa shape index (κ3) is 3.74. The van der Waals surface area contributed by atoms with E-state index in [0.717, 1.165) is 18.4 Å². The standard InChI is InChI=1S/C14H19NO3/c1-14(17,12-7-8-12)10-15-13(16)18-9-11-5-3-2-4-6-11/h2-6,12,17H,7-10H2,1H3,(H,15,16). The molecule has 4 nitrogen and oxygen atoms in total. The van der Waals surface area contributed by atoms with E-state index < -0.39 is 11.7 Å². The van der Waals surface area contributed by atoms with Crippen LogP contribution < -0.4 is 5.32 Å². The molecule has 1 atom stereocenters. The number of alkyl carbamates (subject to hydrolysis) is 1. The lowest BCUT2D eigenvalue weighted by atomic mass is 10.0. The van der Waals surface area contributed by atoms with E-state index in [-0.39, 0.29) is 13.2 Å². The summed E-state index contributed by atoms with van der Waals surface area (Å²) < 4.78 is 5.06. The van der Waals surface area contributed by atoms with E-state index in [9.17, 15) is 9.90 Å². The van der Waals surface area contributed by atoms with Crippen LogP contribution in [0.4, 0.5) is 4.79 Å². The molecule has 0 spiro atoms. The lowest BCUT2D eigenvalue weighted by Gasteiger charge is -2.22. The van der Waals surface area contributed by atoms with Gasteiger partial charge in [0.05, 0.1) is 5.60 Å². The second-order valence-corrected chi connectivity index (χ2v) is 5.05. The molecule has 0 saturated heterocycles. The summed E-state index contributed by atoms with van der Waals surface area (Å²) in [6.45, 7) is 2.24. The highest BCUT2D eigenvalue weighted by Crippen LogP contribution is 2.38. The SMILES string of the molecule is CC(O)(CNC(=O)OCc1ccccc1)C1CC1. The fourth-order valence-corrected chi connectivity index (χ4v) is 1.87. The number of aliphatic hydroxyl groups is 1. The molecule has 1 aromatic rings. The van der Waals surface area contributed by atoms with Gasteiger partial charge in [0.2, 0.25) is 0 Å². The molecule has 1 amide bonds. The highest BCUT2D eigenvalue weighted by atomic mass is 16.5. The van der Waals surface area contributed by atoms with Crippen LogP contribution in [0, 0.1) is 5.92 Å². The normalized spacial score (nSPS) is 17.9. The monoisotopic (exact) mass is 249 g/mol. The number of carbonyl (C=O) groups is 1. The summed E-state index contributed by atoms with van der Waals surface area (Å²) in [5, 5.41) is 12.6. The second kappa shape index (κ2) is 5.40. The number of benzene rings is 1. The van der Waals surface area contributed by atoms with E-state index in [0.29, 0.717) is 5.92 Å². The average Bonchev–Trinajstić information content (AvgIpc) is 3.20. The zero-order valence-corrected chi connectivity index (χ0v) is 10.6. The Hall–Kier alpha value is -1.55. The predicted molar refractivity (Wildman–Crippen MR) is 68.0 cm³/mol. The summed E-state index contributed by atoms with van der Waals surface area (Å²) in [7, 11) is 0. The van der Waals surface area contributed by atoms with Gasteiger partial charge in [0, 0.05) is 6.54 Å². The molecule has 1 aromatic carbocycles. The van der Waals surface area contributed by atoms with Crippen LogP contribution in [0.1, 0.15) is 25.3 Å². The Kier molecular flexibility index (Phi) is 3.87. The van der Waals surface area contributed by atoms with E-state index in [2.05, 4.69) is 5.32 Å². The molecule has 0 heterocycles. The lowest BCUT2D eigenvalue weighted by molar-refractivity contribution is 0.0347. The van der Waals surface area contributed by atoms with Gasteiger partial charge in [-0.2, -0.15) is 0 Å². The van der Waals surface area contributed by atoms with E-state index in [1.807, 2.05) is 30.3 Å². The minimum Gasteiger partial charge on any atom is -0.445 e. The average molecular weight is 249 g/mol. The molecular weight excluding hydrogens is 230 g/mol. The number of rotatable bonds is 5. The van der Waals surface area contributed by atoms with E-state index in [1.54, 1.807) is 6.92 Å². The third-order valence-electron chi connectivity index (χ3n) is 3.26. The van der Waals surface area contributed by atoms with Crippen molar-refractivity contribution in [2.75, 3.05) is 6.54 Å². The molecule has 0 radical (unpaired) electrons. The molecule has 2 N–H and O–H groups in total. The first-order valence-electron chi connectivity index (χ1n) is 6.25. The van der Waals surface area contributed by atoms with E-state index >= 15 is 0 Å². The van der Waals surface area contributed by atoms with Crippen LogP contribution in [0.3, 0.4) is 0 Å².